The molecule has 18 atom stereocenters. The number of ether oxygens (including phenoxy) is 5. The summed E-state index contributed by atoms with van der Waals surface area (Å²) in [6, 6.07) is -2.76. The SMILES string of the molecule is CN[C@@H](C)C1CC[C@@H](N)C([C@H]2[C@H](O[C@@H]3O[C@H](CO)[C@@H](O[C@H]4O[C@@H](CN)[C@@H](O)[C@H](O)[C@H]4N)[C@H]3O)[C@@H](O)[C@H](N)C[C@@H]2N)O1. The van der Waals surface area contributed by atoms with E-state index < -0.39 is 98.2 Å². The summed E-state index contributed by atoms with van der Waals surface area (Å²) in [6.07, 6.45) is -11.3. The van der Waals surface area contributed by atoms with Gasteiger partial charge in [-0.05, 0) is 33.2 Å². The highest BCUT2D eigenvalue weighted by molar-refractivity contribution is 5.05. The minimum atomic E-state index is -1.48. The van der Waals surface area contributed by atoms with E-state index in [0.29, 0.717) is 12.8 Å². The van der Waals surface area contributed by atoms with Gasteiger partial charge in [0.2, 0.25) is 0 Å². The Balaban J connectivity index is 1.52. The van der Waals surface area contributed by atoms with Crippen LogP contribution < -0.4 is 34.0 Å². The van der Waals surface area contributed by atoms with Crippen molar-refractivity contribution in [1.82, 2.24) is 5.32 Å². The Morgan fingerprint density at radius 1 is 0.805 bits per heavy atom. The third kappa shape index (κ3) is 6.73. The van der Waals surface area contributed by atoms with Crippen molar-refractivity contribution in [2.24, 2.45) is 34.6 Å². The van der Waals surface area contributed by atoms with Crippen molar-refractivity contribution >= 4 is 0 Å². The van der Waals surface area contributed by atoms with Crippen LogP contribution >= 0.6 is 0 Å². The van der Waals surface area contributed by atoms with Crippen LogP contribution in [-0.2, 0) is 23.7 Å². The Labute approximate surface area is 239 Å². The molecule has 4 rings (SSSR count). The molecule has 0 aromatic heterocycles. The van der Waals surface area contributed by atoms with Crippen molar-refractivity contribution in [3.05, 3.63) is 0 Å². The number of hydrogen-bond donors (Lipinski definition) is 11. The molecule has 16 heteroatoms. The molecule has 1 saturated carbocycles. The molecule has 3 heterocycles. The molecule has 41 heavy (non-hydrogen) atoms. The molecule has 0 bridgehead atoms. The minimum absolute atomic E-state index is 0.0476. The topological polar surface area (TPSA) is 289 Å². The van der Waals surface area contributed by atoms with Gasteiger partial charge in [0.15, 0.2) is 12.6 Å². The lowest BCUT2D eigenvalue weighted by Gasteiger charge is -2.50. The summed E-state index contributed by atoms with van der Waals surface area (Å²) in [5, 5.41) is 56.1. The number of nitrogens with two attached hydrogens (primary N) is 5. The fourth-order valence-corrected chi connectivity index (χ4v) is 6.46. The van der Waals surface area contributed by atoms with Gasteiger partial charge < -0.3 is 83.2 Å². The standard InChI is InChI=1S/C25H50N6O10/c1-8(31-2)12-4-3-9(27)21(37-12)15-10(28)5-11(29)17(33)23(15)41-25-20(36)22(14(7-32)39-25)40-24-16(30)19(35)18(34)13(6-26)38-24/h8-25,31-36H,3-7,26-30H2,1-2H3/t8-,9+,10-,11+,12?,13-,14+,15-,16+,17-,18+,19+,20+,21?,22+,23-,24+,25-/m0/s1. The molecule has 0 aromatic rings. The molecule has 0 aromatic carbocycles. The molecule has 2 unspecified atom stereocenters. The monoisotopic (exact) mass is 594 g/mol. The first kappa shape index (κ1) is 33.3. The summed E-state index contributed by atoms with van der Waals surface area (Å²) in [4.78, 5) is 0. The summed E-state index contributed by atoms with van der Waals surface area (Å²) in [7, 11) is 1.84. The van der Waals surface area contributed by atoms with Crippen molar-refractivity contribution in [3.8, 4) is 0 Å². The molecule has 16 N–H and O–H groups in total. The highest BCUT2D eigenvalue weighted by atomic mass is 16.7. The summed E-state index contributed by atoms with van der Waals surface area (Å²) in [5.41, 5.74) is 31.0. The van der Waals surface area contributed by atoms with E-state index in [-0.39, 0.29) is 24.7 Å². The normalized spacial score (nSPS) is 52.0. The Morgan fingerprint density at radius 3 is 2.10 bits per heavy atom. The Hall–Kier alpha value is -0.640. The van der Waals surface area contributed by atoms with E-state index >= 15 is 0 Å². The molecule has 3 aliphatic heterocycles. The largest absolute Gasteiger partial charge is 0.394 e. The Kier molecular flexibility index (Phi) is 11.3. The highest BCUT2D eigenvalue weighted by Crippen LogP contribution is 2.38. The van der Waals surface area contributed by atoms with Crippen molar-refractivity contribution in [2.75, 3.05) is 20.2 Å². The third-order valence-corrected chi connectivity index (χ3v) is 9.16. The van der Waals surface area contributed by atoms with Gasteiger partial charge in [-0.2, -0.15) is 0 Å². The first-order chi connectivity index (χ1) is 19.4. The van der Waals surface area contributed by atoms with Crippen LogP contribution in [0.15, 0.2) is 0 Å². The number of aliphatic hydroxyl groups is 5. The van der Waals surface area contributed by atoms with Crippen molar-refractivity contribution in [3.63, 3.8) is 0 Å². The molecule has 0 amide bonds. The second kappa shape index (κ2) is 14.0. The van der Waals surface area contributed by atoms with Gasteiger partial charge in [0.05, 0.1) is 37.1 Å². The molecular formula is C25H50N6O10. The molecule has 4 fully saturated rings. The molecule has 0 radical (unpaired) electrons. The number of likely N-dealkylation sites (N-methyl/N-ethyl adjacent to an activating group) is 1. The van der Waals surface area contributed by atoms with Crippen molar-refractivity contribution < 1.29 is 49.2 Å². The fourth-order valence-electron chi connectivity index (χ4n) is 6.46. The lowest BCUT2D eigenvalue weighted by atomic mass is 9.72. The van der Waals surface area contributed by atoms with Crippen LogP contribution in [0.25, 0.3) is 0 Å². The van der Waals surface area contributed by atoms with Crippen LogP contribution in [0.2, 0.25) is 0 Å². The number of hydrogen-bond acceptors (Lipinski definition) is 16. The molecule has 0 spiro atoms. The molecule has 3 saturated heterocycles. The zero-order valence-corrected chi connectivity index (χ0v) is 23.6. The van der Waals surface area contributed by atoms with Crippen LogP contribution in [0.3, 0.4) is 0 Å². The summed E-state index contributed by atoms with van der Waals surface area (Å²) >= 11 is 0. The second-order valence-corrected chi connectivity index (χ2v) is 11.8. The van der Waals surface area contributed by atoms with E-state index in [1.54, 1.807) is 0 Å². The number of rotatable bonds is 9. The average Bonchev–Trinajstić information content (AvgIpc) is 3.25. The lowest BCUT2D eigenvalue weighted by molar-refractivity contribution is -0.280. The third-order valence-electron chi connectivity index (χ3n) is 9.16. The quantitative estimate of drug-likeness (QED) is 0.118. The first-order valence-electron chi connectivity index (χ1n) is 14.4. The van der Waals surface area contributed by atoms with Gasteiger partial charge >= 0.3 is 0 Å². The van der Waals surface area contributed by atoms with Crippen LogP contribution in [-0.4, -0.2) is 150 Å². The molecule has 1 aliphatic carbocycles. The summed E-state index contributed by atoms with van der Waals surface area (Å²) in [5.74, 6) is -0.591. The summed E-state index contributed by atoms with van der Waals surface area (Å²) in [6.45, 7) is 1.32. The Bertz CT molecular complexity index is 836. The van der Waals surface area contributed by atoms with Crippen molar-refractivity contribution in [2.45, 2.75) is 130 Å². The van der Waals surface area contributed by atoms with Gasteiger partial charge in [0.25, 0.3) is 0 Å². The maximum atomic E-state index is 11.2. The van der Waals surface area contributed by atoms with Gasteiger partial charge in [0, 0.05) is 36.6 Å². The van der Waals surface area contributed by atoms with E-state index in [9.17, 15) is 25.5 Å². The average molecular weight is 595 g/mol. The van der Waals surface area contributed by atoms with Crippen LogP contribution in [0, 0.1) is 5.92 Å². The smallest absolute Gasteiger partial charge is 0.187 e. The minimum Gasteiger partial charge on any atom is -0.394 e. The van der Waals surface area contributed by atoms with Crippen LogP contribution in [0.1, 0.15) is 26.2 Å². The van der Waals surface area contributed by atoms with Gasteiger partial charge in [-0.25, -0.2) is 0 Å². The van der Waals surface area contributed by atoms with E-state index in [4.69, 9.17) is 52.4 Å². The van der Waals surface area contributed by atoms with Gasteiger partial charge in [0.1, 0.15) is 36.6 Å². The van der Waals surface area contributed by atoms with Gasteiger partial charge in [-0.3, -0.25) is 0 Å². The molecule has 16 nitrogen and oxygen atoms in total. The Morgan fingerprint density at radius 2 is 1.46 bits per heavy atom. The maximum absolute atomic E-state index is 11.2. The first-order valence-corrected chi connectivity index (χ1v) is 14.4. The molecular weight excluding hydrogens is 544 g/mol. The second-order valence-electron chi connectivity index (χ2n) is 11.8. The van der Waals surface area contributed by atoms with E-state index in [0.717, 1.165) is 6.42 Å². The fraction of sp³-hybridized carbons (Fsp3) is 1.00. The molecule has 4 aliphatic rings. The van der Waals surface area contributed by atoms with Gasteiger partial charge in [-0.15, -0.1) is 0 Å². The predicted octanol–water partition coefficient (Wildman–Crippen LogP) is -5.91. The zero-order valence-electron chi connectivity index (χ0n) is 23.6. The van der Waals surface area contributed by atoms with Gasteiger partial charge in [-0.1, -0.05) is 0 Å². The highest BCUT2D eigenvalue weighted by Gasteiger charge is 2.55. The van der Waals surface area contributed by atoms with Crippen molar-refractivity contribution in [1.29, 1.82) is 0 Å². The van der Waals surface area contributed by atoms with E-state index in [1.165, 1.54) is 0 Å². The predicted molar refractivity (Wildman–Crippen MR) is 144 cm³/mol. The zero-order chi connectivity index (χ0) is 30.2. The van der Waals surface area contributed by atoms with E-state index in [2.05, 4.69) is 5.32 Å². The molecule has 240 valence electrons. The maximum Gasteiger partial charge on any atom is 0.187 e. The van der Waals surface area contributed by atoms with E-state index in [1.807, 2.05) is 14.0 Å². The number of nitrogens with one attached hydrogen (secondary N) is 1. The van der Waals surface area contributed by atoms with Crippen LogP contribution in [0.5, 0.6) is 0 Å². The summed E-state index contributed by atoms with van der Waals surface area (Å²) < 4.78 is 30.0. The van der Waals surface area contributed by atoms with Crippen LogP contribution in [0.4, 0.5) is 0 Å². The lowest BCUT2D eigenvalue weighted by Crippen LogP contribution is -2.67. The number of aliphatic hydroxyl groups excluding tert-OH is 5.